The van der Waals surface area contributed by atoms with Crippen molar-refractivity contribution in [3.05, 3.63) is 52.4 Å². The van der Waals surface area contributed by atoms with Crippen molar-refractivity contribution in [1.29, 1.82) is 0 Å². The molecule has 0 saturated heterocycles. The molecule has 4 aromatic rings. The van der Waals surface area contributed by atoms with Gasteiger partial charge in [-0.25, -0.2) is 4.98 Å². The molecule has 7 nitrogen and oxygen atoms in total. The first kappa shape index (κ1) is 19.7. The summed E-state index contributed by atoms with van der Waals surface area (Å²) in [5.74, 6) is 1.01. The van der Waals surface area contributed by atoms with E-state index in [9.17, 15) is 4.79 Å². The van der Waals surface area contributed by atoms with Gasteiger partial charge in [0.1, 0.15) is 5.01 Å². The molecular weight excluding hydrogens is 424 g/mol. The van der Waals surface area contributed by atoms with E-state index in [1.807, 2.05) is 53.6 Å². The SMILES string of the molecule is CC(NC(=O)CSc1nnc(-c2cccs2)n1C)c1nc(-c2ccncc2)cs1. The van der Waals surface area contributed by atoms with Crippen LogP contribution in [-0.4, -0.2) is 36.4 Å². The van der Waals surface area contributed by atoms with E-state index in [0.717, 1.165) is 27.0 Å². The molecule has 4 heterocycles. The molecule has 0 aliphatic rings. The van der Waals surface area contributed by atoms with Crippen molar-refractivity contribution < 1.29 is 4.79 Å². The van der Waals surface area contributed by atoms with E-state index in [2.05, 4.69) is 25.5 Å². The number of pyridine rings is 1. The van der Waals surface area contributed by atoms with Crippen molar-refractivity contribution in [2.24, 2.45) is 7.05 Å². The minimum Gasteiger partial charge on any atom is -0.346 e. The van der Waals surface area contributed by atoms with E-state index in [0.29, 0.717) is 5.16 Å². The van der Waals surface area contributed by atoms with E-state index in [-0.39, 0.29) is 17.7 Å². The Balaban J connectivity index is 1.34. The highest BCUT2D eigenvalue weighted by atomic mass is 32.2. The second-order valence-corrected chi connectivity index (χ2v) is 9.01. The maximum atomic E-state index is 12.4. The Labute approximate surface area is 180 Å². The molecule has 148 valence electrons. The molecule has 0 aliphatic carbocycles. The minimum absolute atomic E-state index is 0.0659. The van der Waals surface area contributed by atoms with Gasteiger partial charge in [0.05, 0.1) is 22.4 Å². The predicted octanol–water partition coefficient (Wildman–Crippen LogP) is 4.03. The van der Waals surface area contributed by atoms with Gasteiger partial charge in [-0.15, -0.1) is 32.9 Å². The number of carbonyl (C=O) groups is 1. The van der Waals surface area contributed by atoms with Crippen LogP contribution in [0.25, 0.3) is 22.0 Å². The number of thiazole rings is 1. The van der Waals surface area contributed by atoms with Gasteiger partial charge in [-0.1, -0.05) is 17.8 Å². The molecule has 0 saturated carbocycles. The monoisotopic (exact) mass is 442 g/mol. The van der Waals surface area contributed by atoms with Crippen molar-refractivity contribution >= 4 is 40.3 Å². The minimum atomic E-state index is -0.162. The smallest absolute Gasteiger partial charge is 0.231 e. The van der Waals surface area contributed by atoms with Crippen LogP contribution in [-0.2, 0) is 11.8 Å². The summed E-state index contributed by atoms with van der Waals surface area (Å²) in [6, 6.07) is 7.67. The average Bonchev–Trinajstić information content (AvgIpc) is 3.48. The van der Waals surface area contributed by atoms with Crippen LogP contribution in [0.15, 0.2) is 52.6 Å². The predicted molar refractivity (Wildman–Crippen MR) is 117 cm³/mol. The fraction of sp³-hybridized carbons (Fsp3) is 0.211. The van der Waals surface area contributed by atoms with E-state index >= 15 is 0 Å². The highest BCUT2D eigenvalue weighted by Gasteiger charge is 2.17. The molecule has 0 fully saturated rings. The number of aromatic nitrogens is 5. The maximum absolute atomic E-state index is 12.4. The molecule has 0 spiro atoms. The fourth-order valence-corrected chi connectivity index (χ4v) is 4.98. The van der Waals surface area contributed by atoms with Crippen molar-refractivity contribution in [3.63, 3.8) is 0 Å². The average molecular weight is 443 g/mol. The summed E-state index contributed by atoms with van der Waals surface area (Å²) in [6.45, 7) is 1.94. The first-order chi connectivity index (χ1) is 14.1. The fourth-order valence-electron chi connectivity index (χ4n) is 2.68. The zero-order valence-corrected chi connectivity index (χ0v) is 18.2. The van der Waals surface area contributed by atoms with Gasteiger partial charge in [-0.3, -0.25) is 9.78 Å². The second-order valence-electron chi connectivity index (χ2n) is 6.23. The number of amides is 1. The summed E-state index contributed by atoms with van der Waals surface area (Å²) in [7, 11) is 1.91. The van der Waals surface area contributed by atoms with Crippen LogP contribution in [0, 0.1) is 0 Å². The lowest BCUT2D eigenvalue weighted by Gasteiger charge is -2.11. The van der Waals surface area contributed by atoms with Gasteiger partial charge in [0.2, 0.25) is 5.91 Å². The van der Waals surface area contributed by atoms with Gasteiger partial charge in [-0.05, 0) is 30.5 Å². The molecule has 0 aromatic carbocycles. The second kappa shape index (κ2) is 8.85. The number of nitrogens with one attached hydrogen (secondary N) is 1. The van der Waals surface area contributed by atoms with Crippen molar-refractivity contribution in [3.8, 4) is 22.0 Å². The number of hydrogen-bond donors (Lipinski definition) is 1. The molecule has 4 rings (SSSR count). The number of rotatable bonds is 7. The van der Waals surface area contributed by atoms with Crippen molar-refractivity contribution in [2.75, 3.05) is 5.75 Å². The van der Waals surface area contributed by atoms with Gasteiger partial charge in [-0.2, -0.15) is 0 Å². The van der Waals surface area contributed by atoms with Crippen LogP contribution in [0.1, 0.15) is 18.0 Å². The number of hydrogen-bond acceptors (Lipinski definition) is 8. The van der Waals surface area contributed by atoms with Gasteiger partial charge in [0.15, 0.2) is 11.0 Å². The summed E-state index contributed by atoms with van der Waals surface area (Å²) >= 11 is 4.52. The van der Waals surface area contributed by atoms with Gasteiger partial charge in [0, 0.05) is 30.4 Å². The first-order valence-corrected chi connectivity index (χ1v) is 11.6. The summed E-state index contributed by atoms with van der Waals surface area (Å²) in [4.78, 5) is 22.1. The maximum Gasteiger partial charge on any atom is 0.231 e. The molecule has 0 bridgehead atoms. The molecule has 10 heteroatoms. The quantitative estimate of drug-likeness (QED) is 0.435. The lowest BCUT2D eigenvalue weighted by Crippen LogP contribution is -2.28. The molecule has 4 aromatic heterocycles. The van der Waals surface area contributed by atoms with E-state index < -0.39 is 0 Å². The van der Waals surface area contributed by atoms with E-state index in [4.69, 9.17) is 0 Å². The van der Waals surface area contributed by atoms with Crippen LogP contribution in [0.3, 0.4) is 0 Å². The Morgan fingerprint density at radius 1 is 1.24 bits per heavy atom. The molecule has 0 radical (unpaired) electrons. The largest absolute Gasteiger partial charge is 0.346 e. The third-order valence-corrected chi connectivity index (χ3v) is 7.07. The normalized spacial score (nSPS) is 12.1. The highest BCUT2D eigenvalue weighted by molar-refractivity contribution is 7.99. The zero-order chi connectivity index (χ0) is 20.2. The Morgan fingerprint density at radius 2 is 2.07 bits per heavy atom. The van der Waals surface area contributed by atoms with Crippen LogP contribution in [0.5, 0.6) is 0 Å². The molecule has 29 heavy (non-hydrogen) atoms. The van der Waals surface area contributed by atoms with Gasteiger partial charge < -0.3 is 9.88 Å². The Bertz CT molecular complexity index is 1090. The third-order valence-electron chi connectivity index (χ3n) is 4.15. The van der Waals surface area contributed by atoms with Crippen molar-refractivity contribution in [2.45, 2.75) is 18.1 Å². The number of thiophene rings is 1. The molecular formula is C19H18N6OS3. The lowest BCUT2D eigenvalue weighted by atomic mass is 10.2. The van der Waals surface area contributed by atoms with Crippen molar-refractivity contribution in [1.82, 2.24) is 30.0 Å². The Kier molecular flexibility index (Phi) is 6.02. The molecule has 1 amide bonds. The van der Waals surface area contributed by atoms with Crippen LogP contribution in [0.2, 0.25) is 0 Å². The third kappa shape index (κ3) is 4.55. The molecule has 1 unspecified atom stereocenters. The summed E-state index contributed by atoms with van der Waals surface area (Å²) in [5.41, 5.74) is 1.91. The zero-order valence-electron chi connectivity index (χ0n) is 15.8. The summed E-state index contributed by atoms with van der Waals surface area (Å²) < 4.78 is 1.91. The number of thioether (sulfide) groups is 1. The highest BCUT2D eigenvalue weighted by Crippen LogP contribution is 2.27. The number of nitrogens with zero attached hydrogens (tertiary/aromatic N) is 5. The van der Waals surface area contributed by atoms with Crippen LogP contribution in [0.4, 0.5) is 0 Å². The topological polar surface area (TPSA) is 85.6 Å². The molecule has 1 atom stereocenters. The van der Waals surface area contributed by atoms with Crippen LogP contribution >= 0.6 is 34.4 Å². The Hall–Kier alpha value is -2.56. The molecule has 1 N–H and O–H groups in total. The van der Waals surface area contributed by atoms with Crippen LogP contribution < -0.4 is 5.32 Å². The van der Waals surface area contributed by atoms with Gasteiger partial charge in [0.25, 0.3) is 0 Å². The standard InChI is InChI=1S/C19H18N6OS3/c1-12(18-22-14(10-28-18)13-5-7-20-8-6-13)21-16(26)11-29-19-24-23-17(25(19)2)15-4-3-9-27-15/h3-10,12H,11H2,1-2H3,(H,21,26). The summed E-state index contributed by atoms with van der Waals surface area (Å²) in [6.07, 6.45) is 3.49. The molecule has 0 aliphatic heterocycles. The Morgan fingerprint density at radius 3 is 2.83 bits per heavy atom. The number of carbonyl (C=O) groups excluding carboxylic acids is 1. The van der Waals surface area contributed by atoms with Gasteiger partial charge >= 0.3 is 0 Å². The summed E-state index contributed by atoms with van der Waals surface area (Å²) in [5, 5.41) is 17.0. The lowest BCUT2D eigenvalue weighted by molar-refractivity contribution is -0.119. The first-order valence-electron chi connectivity index (χ1n) is 8.83. The van der Waals surface area contributed by atoms with E-state index in [1.54, 1.807) is 23.7 Å². The van der Waals surface area contributed by atoms with E-state index in [1.165, 1.54) is 23.1 Å².